The van der Waals surface area contributed by atoms with E-state index < -0.39 is 11.9 Å². The Morgan fingerprint density at radius 3 is 2.44 bits per heavy atom. The third-order valence-electron chi connectivity index (χ3n) is 4.17. The molecule has 2 rings (SSSR count). The molecule has 27 heavy (non-hydrogen) atoms. The molecule has 2 aromatic rings. The van der Waals surface area contributed by atoms with Crippen molar-refractivity contribution < 1.29 is 23.9 Å². The number of ether oxygens (including phenoxy) is 2. The molecule has 0 unspecified atom stereocenters. The number of carbonyl (C=O) groups is 3. The largest absolute Gasteiger partial charge is 0.465 e. The summed E-state index contributed by atoms with van der Waals surface area (Å²) in [5, 5.41) is 5.00. The second-order valence-electron chi connectivity index (χ2n) is 5.90. The molecule has 0 aliphatic carbocycles. The molecular weight excluding hydrogens is 388 g/mol. The number of likely N-dealkylation sites (N-methyl/N-ethyl adjacent to an activating group) is 1. The summed E-state index contributed by atoms with van der Waals surface area (Å²) < 4.78 is 9.53. The molecule has 0 saturated heterocycles. The maximum atomic E-state index is 12.5. The van der Waals surface area contributed by atoms with Crippen LogP contribution in [0.4, 0.5) is 5.00 Å². The summed E-state index contributed by atoms with van der Waals surface area (Å²) in [5.74, 6) is -1.47. The van der Waals surface area contributed by atoms with Gasteiger partial charge in [0, 0.05) is 10.9 Å². The zero-order valence-electron chi connectivity index (χ0n) is 15.8. The van der Waals surface area contributed by atoms with Gasteiger partial charge in [0.25, 0.3) is 0 Å². The Bertz CT molecular complexity index is 829. The van der Waals surface area contributed by atoms with Gasteiger partial charge in [-0.3, -0.25) is 9.69 Å². The minimum absolute atomic E-state index is 0.0755. The van der Waals surface area contributed by atoms with Crippen molar-refractivity contribution in [2.75, 3.05) is 33.1 Å². The number of hydrogen-bond donors (Lipinski definition) is 1. The molecule has 7 nitrogen and oxygen atoms in total. The predicted molar refractivity (Wildman–Crippen MR) is 106 cm³/mol. The van der Waals surface area contributed by atoms with Gasteiger partial charge in [-0.25, -0.2) is 9.59 Å². The van der Waals surface area contributed by atoms with Crippen LogP contribution in [0.15, 0.2) is 17.5 Å². The number of thiophene rings is 2. The van der Waals surface area contributed by atoms with Crippen LogP contribution in [0.25, 0.3) is 0 Å². The van der Waals surface area contributed by atoms with Crippen molar-refractivity contribution in [3.8, 4) is 0 Å². The number of anilines is 1. The fraction of sp³-hybridized carbons (Fsp3) is 0.389. The minimum atomic E-state index is -0.616. The van der Waals surface area contributed by atoms with Gasteiger partial charge in [0.2, 0.25) is 5.91 Å². The van der Waals surface area contributed by atoms with E-state index in [1.54, 1.807) is 18.3 Å². The third-order valence-corrected chi connectivity index (χ3v) is 6.40. The van der Waals surface area contributed by atoms with E-state index in [-0.39, 0.29) is 33.9 Å². The van der Waals surface area contributed by atoms with E-state index >= 15 is 0 Å². The highest BCUT2D eigenvalue weighted by molar-refractivity contribution is 7.18. The normalized spacial score (nSPS) is 11.9. The molecule has 0 fully saturated rings. The zero-order chi connectivity index (χ0) is 20.1. The van der Waals surface area contributed by atoms with Crippen LogP contribution >= 0.6 is 22.7 Å². The van der Waals surface area contributed by atoms with Gasteiger partial charge in [-0.05, 0) is 37.9 Å². The number of esters is 2. The van der Waals surface area contributed by atoms with Crippen molar-refractivity contribution in [2.24, 2.45) is 0 Å². The summed E-state index contributed by atoms with van der Waals surface area (Å²) in [4.78, 5) is 39.9. The standard InChI is InChI=1S/C18H22N2O5S2/c1-10-14(17(22)24-4)16(27-15(10)18(23)25-5)19-13(21)9-20(3)11(2)12-7-6-8-26-12/h6-8,11H,9H2,1-5H3,(H,19,21)/t11-/m1/s1. The molecule has 0 aliphatic rings. The molecule has 1 N–H and O–H groups in total. The van der Waals surface area contributed by atoms with Crippen LogP contribution in [0, 0.1) is 6.92 Å². The van der Waals surface area contributed by atoms with Gasteiger partial charge in [-0.1, -0.05) is 6.07 Å². The fourth-order valence-corrected chi connectivity index (χ4v) is 4.49. The van der Waals surface area contributed by atoms with Crippen molar-refractivity contribution in [1.82, 2.24) is 4.90 Å². The lowest BCUT2D eigenvalue weighted by Crippen LogP contribution is -2.32. The van der Waals surface area contributed by atoms with Crippen LogP contribution in [0.3, 0.4) is 0 Å². The number of carbonyl (C=O) groups excluding carboxylic acids is 3. The molecule has 2 heterocycles. The number of nitrogens with one attached hydrogen (secondary N) is 1. The molecule has 0 bridgehead atoms. The Labute approximate surface area is 165 Å². The third kappa shape index (κ3) is 4.74. The Balaban J connectivity index is 2.19. The van der Waals surface area contributed by atoms with Crippen molar-refractivity contribution in [3.63, 3.8) is 0 Å². The van der Waals surface area contributed by atoms with E-state index in [0.717, 1.165) is 16.2 Å². The van der Waals surface area contributed by atoms with Crippen LogP contribution in [0.1, 0.15) is 43.4 Å². The highest BCUT2D eigenvalue weighted by Crippen LogP contribution is 2.34. The smallest absolute Gasteiger partial charge is 0.348 e. The van der Waals surface area contributed by atoms with Gasteiger partial charge in [-0.15, -0.1) is 22.7 Å². The van der Waals surface area contributed by atoms with Crippen LogP contribution in [0.2, 0.25) is 0 Å². The lowest BCUT2D eigenvalue weighted by Gasteiger charge is -2.23. The van der Waals surface area contributed by atoms with E-state index in [1.165, 1.54) is 14.2 Å². The Kier molecular flexibility index (Phi) is 7.11. The lowest BCUT2D eigenvalue weighted by atomic mass is 10.1. The van der Waals surface area contributed by atoms with Crippen molar-refractivity contribution in [1.29, 1.82) is 0 Å². The van der Waals surface area contributed by atoms with E-state index in [2.05, 4.69) is 5.32 Å². The topological polar surface area (TPSA) is 84.9 Å². The van der Waals surface area contributed by atoms with E-state index in [1.807, 2.05) is 36.4 Å². The van der Waals surface area contributed by atoms with Gasteiger partial charge in [0.15, 0.2) is 0 Å². The maximum Gasteiger partial charge on any atom is 0.348 e. The number of hydrogen-bond acceptors (Lipinski definition) is 8. The molecule has 146 valence electrons. The second kappa shape index (κ2) is 9.12. The summed E-state index contributed by atoms with van der Waals surface area (Å²) in [6.07, 6.45) is 0. The molecule has 1 atom stereocenters. The Morgan fingerprint density at radius 2 is 1.89 bits per heavy atom. The van der Waals surface area contributed by atoms with Crippen molar-refractivity contribution in [2.45, 2.75) is 19.9 Å². The van der Waals surface area contributed by atoms with E-state index in [9.17, 15) is 14.4 Å². The second-order valence-corrected chi connectivity index (χ2v) is 7.90. The highest BCUT2D eigenvalue weighted by Gasteiger charge is 2.27. The molecule has 0 radical (unpaired) electrons. The molecule has 0 spiro atoms. The molecular formula is C18H22N2O5S2. The van der Waals surface area contributed by atoms with Crippen LogP contribution < -0.4 is 5.32 Å². The van der Waals surface area contributed by atoms with E-state index in [0.29, 0.717) is 5.56 Å². The van der Waals surface area contributed by atoms with Gasteiger partial charge in [-0.2, -0.15) is 0 Å². The first-order valence-corrected chi connectivity index (χ1v) is 9.83. The van der Waals surface area contributed by atoms with Gasteiger partial charge < -0.3 is 14.8 Å². The minimum Gasteiger partial charge on any atom is -0.465 e. The first-order chi connectivity index (χ1) is 12.8. The van der Waals surface area contributed by atoms with Crippen molar-refractivity contribution in [3.05, 3.63) is 38.4 Å². The van der Waals surface area contributed by atoms with Crippen LogP contribution in [-0.2, 0) is 14.3 Å². The molecule has 0 aliphatic heterocycles. The first-order valence-electron chi connectivity index (χ1n) is 8.13. The molecule has 1 amide bonds. The SMILES string of the molecule is COC(=O)c1sc(NC(=O)CN(C)[C@H](C)c2cccs2)c(C(=O)OC)c1C. The van der Waals surface area contributed by atoms with Gasteiger partial charge in [0.05, 0.1) is 26.3 Å². The molecule has 9 heteroatoms. The van der Waals surface area contributed by atoms with Crippen LogP contribution in [-0.4, -0.2) is 50.6 Å². The number of amides is 1. The molecule has 0 aromatic carbocycles. The summed E-state index contributed by atoms with van der Waals surface area (Å²) in [6.45, 7) is 3.77. The summed E-state index contributed by atoms with van der Waals surface area (Å²) in [6, 6.07) is 4.06. The molecule has 2 aromatic heterocycles. The number of rotatable bonds is 7. The quantitative estimate of drug-likeness (QED) is 0.705. The summed E-state index contributed by atoms with van der Waals surface area (Å²) in [7, 11) is 4.36. The average molecular weight is 411 g/mol. The summed E-state index contributed by atoms with van der Waals surface area (Å²) in [5.41, 5.74) is 0.597. The number of nitrogens with zero attached hydrogens (tertiary/aromatic N) is 1. The summed E-state index contributed by atoms with van der Waals surface area (Å²) >= 11 is 2.63. The lowest BCUT2D eigenvalue weighted by molar-refractivity contribution is -0.117. The van der Waals surface area contributed by atoms with Crippen LogP contribution in [0.5, 0.6) is 0 Å². The fourth-order valence-electron chi connectivity index (χ4n) is 2.51. The molecule has 0 saturated carbocycles. The number of methoxy groups -OCH3 is 2. The average Bonchev–Trinajstić information content (AvgIpc) is 3.28. The Morgan fingerprint density at radius 1 is 1.22 bits per heavy atom. The predicted octanol–water partition coefficient (Wildman–Crippen LogP) is 3.32. The van der Waals surface area contributed by atoms with Gasteiger partial charge >= 0.3 is 11.9 Å². The first kappa shape index (κ1) is 21.1. The Hall–Kier alpha value is -2.23. The zero-order valence-corrected chi connectivity index (χ0v) is 17.5. The monoisotopic (exact) mass is 410 g/mol. The maximum absolute atomic E-state index is 12.5. The van der Waals surface area contributed by atoms with Crippen molar-refractivity contribution >= 4 is 45.5 Å². The van der Waals surface area contributed by atoms with Gasteiger partial charge in [0.1, 0.15) is 9.88 Å². The highest BCUT2D eigenvalue weighted by atomic mass is 32.1. The van der Waals surface area contributed by atoms with E-state index in [4.69, 9.17) is 9.47 Å².